The van der Waals surface area contributed by atoms with E-state index < -0.39 is 0 Å². The van der Waals surface area contributed by atoms with Crippen molar-refractivity contribution in [3.63, 3.8) is 0 Å². The molecule has 0 saturated carbocycles. The Labute approximate surface area is 159 Å². The summed E-state index contributed by atoms with van der Waals surface area (Å²) < 4.78 is 6.00. The molecule has 1 aromatic carbocycles. The normalized spacial score (nSPS) is 16.0. The van der Waals surface area contributed by atoms with Gasteiger partial charge in [0.15, 0.2) is 0 Å². The number of phenolic OH excluding ortho intramolecular Hbond substituents is 1. The second-order valence-electron chi connectivity index (χ2n) is 5.51. The Morgan fingerprint density at radius 3 is 2.52 bits per heavy atom. The van der Waals surface area contributed by atoms with Crippen LogP contribution in [0.25, 0.3) is 0 Å². The summed E-state index contributed by atoms with van der Waals surface area (Å²) in [5.41, 5.74) is 2.00. The van der Waals surface area contributed by atoms with Gasteiger partial charge in [-0.1, -0.05) is 5.57 Å². The molecule has 4 nitrogen and oxygen atoms in total. The van der Waals surface area contributed by atoms with Crippen LogP contribution in [0, 0.1) is 0 Å². The zero-order valence-corrected chi connectivity index (χ0v) is 16.7. The summed E-state index contributed by atoms with van der Waals surface area (Å²) in [4.78, 5) is 2.39. The quantitative estimate of drug-likeness (QED) is 0.699. The summed E-state index contributed by atoms with van der Waals surface area (Å²) in [5.74, 6) is 1.04. The van der Waals surface area contributed by atoms with E-state index in [0.29, 0.717) is 10.2 Å². The van der Waals surface area contributed by atoms with E-state index >= 15 is 0 Å². The number of halogens is 3. The third-order valence-corrected chi connectivity index (χ3v) is 4.40. The molecule has 2 N–H and O–H groups in total. The van der Waals surface area contributed by atoms with Gasteiger partial charge in [0.2, 0.25) is 0 Å². The maximum atomic E-state index is 10.5. The summed E-state index contributed by atoms with van der Waals surface area (Å²) in [5, 5.41) is 13.8. The van der Waals surface area contributed by atoms with E-state index in [0.717, 1.165) is 49.5 Å². The van der Waals surface area contributed by atoms with Crippen molar-refractivity contribution >= 4 is 40.7 Å². The molecule has 1 aromatic rings. The number of rotatable bonds is 5. The zero-order chi connectivity index (χ0) is 15.4. The van der Waals surface area contributed by atoms with Gasteiger partial charge in [-0.05, 0) is 41.4 Å². The van der Waals surface area contributed by atoms with Crippen LogP contribution in [0.1, 0.15) is 24.9 Å². The largest absolute Gasteiger partial charge is 0.506 e. The summed E-state index contributed by atoms with van der Waals surface area (Å²) in [6, 6.07) is 3.83. The van der Waals surface area contributed by atoms with Gasteiger partial charge in [0.25, 0.3) is 0 Å². The molecule has 23 heavy (non-hydrogen) atoms. The van der Waals surface area contributed by atoms with Gasteiger partial charge in [-0.15, -0.1) is 31.4 Å². The third-order valence-electron chi connectivity index (χ3n) is 3.80. The second-order valence-corrected chi connectivity index (χ2v) is 6.36. The van der Waals surface area contributed by atoms with Gasteiger partial charge < -0.3 is 15.2 Å². The molecule has 132 valence electrons. The van der Waals surface area contributed by atoms with Crippen molar-refractivity contribution < 1.29 is 9.84 Å². The van der Waals surface area contributed by atoms with Gasteiger partial charge in [-0.3, -0.25) is 4.90 Å². The molecule has 7 heteroatoms. The van der Waals surface area contributed by atoms with Crippen LogP contribution < -0.4 is 10.1 Å². The first-order valence-electron chi connectivity index (χ1n) is 7.18. The lowest BCUT2D eigenvalue weighted by molar-refractivity contribution is 0.169. The van der Waals surface area contributed by atoms with Gasteiger partial charge >= 0.3 is 0 Å². The minimum absolute atomic E-state index is 0. The average Bonchev–Trinajstić information content (AvgIpc) is 2.48. The minimum Gasteiger partial charge on any atom is -0.506 e. The summed E-state index contributed by atoms with van der Waals surface area (Å²) >= 11 is 3.41. The van der Waals surface area contributed by atoms with Crippen molar-refractivity contribution in [1.29, 1.82) is 0 Å². The number of hydrogen-bond donors (Lipinski definition) is 2. The van der Waals surface area contributed by atoms with Crippen molar-refractivity contribution in [3.8, 4) is 11.5 Å². The first kappa shape index (κ1) is 22.5. The first-order chi connectivity index (χ1) is 10.0. The van der Waals surface area contributed by atoms with Crippen molar-refractivity contribution in [2.24, 2.45) is 0 Å². The predicted molar refractivity (Wildman–Crippen MR) is 103 cm³/mol. The Balaban J connectivity index is 0.00000242. The maximum absolute atomic E-state index is 10.5. The van der Waals surface area contributed by atoms with E-state index in [4.69, 9.17) is 4.74 Å². The highest BCUT2D eigenvalue weighted by molar-refractivity contribution is 9.10. The monoisotopic (exact) mass is 426 g/mol. The number of aromatic hydroxyl groups is 1. The lowest BCUT2D eigenvalue weighted by atomic mass is 9.97. The molecule has 2 rings (SSSR count). The number of hydrogen-bond acceptors (Lipinski definition) is 4. The van der Waals surface area contributed by atoms with E-state index in [-0.39, 0.29) is 30.9 Å². The van der Waals surface area contributed by atoms with Crippen LogP contribution in [-0.4, -0.2) is 43.3 Å². The Kier molecular flexibility index (Phi) is 10.2. The fraction of sp³-hybridized carbons (Fsp3) is 0.500. The molecule has 1 atom stereocenters. The maximum Gasteiger partial charge on any atom is 0.134 e. The molecule has 1 saturated heterocycles. The standard InChI is InChI=1S/C16H23BrN2O2.2ClH/c1-11(2)8-15(19-6-4-18-5-7-19)13-9-12(21-3)10-14(17)16(13)20;;/h9-10,15,18,20H,1,4-8H2,2-3H3;2*1H/t15-;;/m1../s1. The van der Waals surface area contributed by atoms with Gasteiger partial charge in [-0.2, -0.15) is 0 Å². The third kappa shape index (κ3) is 5.84. The van der Waals surface area contributed by atoms with Crippen LogP contribution in [0.15, 0.2) is 28.8 Å². The number of nitrogens with zero attached hydrogens (tertiary/aromatic N) is 1. The van der Waals surface area contributed by atoms with Crippen LogP contribution in [0.3, 0.4) is 0 Å². The SMILES string of the molecule is C=C(C)C[C@H](c1cc(OC)cc(Br)c1O)N1CCNCC1.Cl.Cl. The van der Waals surface area contributed by atoms with E-state index in [1.807, 2.05) is 13.0 Å². The van der Waals surface area contributed by atoms with Crippen LogP contribution >= 0.6 is 40.7 Å². The Bertz CT molecular complexity index is 523. The number of benzene rings is 1. The molecular formula is C16H25BrCl2N2O2. The molecule has 0 amide bonds. The smallest absolute Gasteiger partial charge is 0.134 e. The van der Waals surface area contributed by atoms with Gasteiger partial charge in [0, 0.05) is 37.8 Å². The van der Waals surface area contributed by atoms with Gasteiger partial charge in [-0.25, -0.2) is 0 Å². The van der Waals surface area contributed by atoms with Crippen LogP contribution in [0.4, 0.5) is 0 Å². The average molecular weight is 428 g/mol. The van der Waals surface area contributed by atoms with E-state index in [9.17, 15) is 5.11 Å². The van der Waals surface area contributed by atoms with Crippen LogP contribution in [0.2, 0.25) is 0 Å². The molecule has 1 fully saturated rings. The van der Waals surface area contributed by atoms with Gasteiger partial charge in [0.05, 0.1) is 11.6 Å². The van der Waals surface area contributed by atoms with Gasteiger partial charge in [0.1, 0.15) is 11.5 Å². The highest BCUT2D eigenvalue weighted by Crippen LogP contribution is 2.40. The number of piperazine rings is 1. The molecule has 0 aliphatic carbocycles. The Morgan fingerprint density at radius 2 is 2.00 bits per heavy atom. The van der Waals surface area contributed by atoms with E-state index in [1.165, 1.54) is 0 Å². The fourth-order valence-corrected chi connectivity index (χ4v) is 3.18. The van der Waals surface area contributed by atoms with Crippen molar-refractivity contribution in [1.82, 2.24) is 10.2 Å². The lowest BCUT2D eigenvalue weighted by Crippen LogP contribution is -2.45. The fourth-order valence-electron chi connectivity index (χ4n) is 2.73. The molecule has 0 radical (unpaired) electrons. The van der Waals surface area contributed by atoms with E-state index in [2.05, 4.69) is 32.7 Å². The Morgan fingerprint density at radius 1 is 1.39 bits per heavy atom. The van der Waals surface area contributed by atoms with Crippen molar-refractivity contribution in [3.05, 3.63) is 34.3 Å². The minimum atomic E-state index is 0. The number of ether oxygens (including phenoxy) is 1. The molecule has 1 aliphatic heterocycles. The molecule has 1 heterocycles. The predicted octanol–water partition coefficient (Wildman–Crippen LogP) is 3.92. The summed E-state index contributed by atoms with van der Waals surface area (Å²) in [6.07, 6.45) is 0.827. The molecule has 0 spiro atoms. The lowest BCUT2D eigenvalue weighted by Gasteiger charge is -2.36. The summed E-state index contributed by atoms with van der Waals surface area (Å²) in [6.45, 7) is 9.94. The molecule has 1 aliphatic rings. The molecule has 0 unspecified atom stereocenters. The molecule has 0 aromatic heterocycles. The second kappa shape index (κ2) is 10.4. The first-order valence-corrected chi connectivity index (χ1v) is 7.97. The Hall–Kier alpha value is -0.460. The van der Waals surface area contributed by atoms with Crippen molar-refractivity contribution in [2.75, 3.05) is 33.3 Å². The number of nitrogens with one attached hydrogen (secondary N) is 1. The summed E-state index contributed by atoms with van der Waals surface area (Å²) in [7, 11) is 1.64. The zero-order valence-electron chi connectivity index (χ0n) is 13.5. The molecular weight excluding hydrogens is 403 g/mol. The highest BCUT2D eigenvalue weighted by Gasteiger charge is 2.26. The van der Waals surface area contributed by atoms with E-state index in [1.54, 1.807) is 13.2 Å². The highest BCUT2D eigenvalue weighted by atomic mass is 79.9. The number of methoxy groups -OCH3 is 1. The number of phenols is 1. The molecule has 0 bridgehead atoms. The van der Waals surface area contributed by atoms with Crippen LogP contribution in [-0.2, 0) is 0 Å². The topological polar surface area (TPSA) is 44.7 Å². The van der Waals surface area contributed by atoms with Crippen molar-refractivity contribution in [2.45, 2.75) is 19.4 Å². The van der Waals surface area contributed by atoms with Crippen LogP contribution in [0.5, 0.6) is 11.5 Å².